The molecule has 0 N–H and O–H groups in total. The van der Waals surface area contributed by atoms with Gasteiger partial charge in [-0.3, -0.25) is 0 Å². The Bertz CT molecular complexity index is 2760. The van der Waals surface area contributed by atoms with Gasteiger partial charge in [-0.2, -0.15) is 10.5 Å². The first-order valence-electron chi connectivity index (χ1n) is 15.9. The van der Waals surface area contributed by atoms with Crippen LogP contribution in [0.15, 0.2) is 158 Å². The molecular weight excluding hydrogens is 585 g/mol. The first kappa shape index (κ1) is 27.4. The molecule has 9 aromatic rings. The molecule has 0 spiro atoms. The van der Waals surface area contributed by atoms with Gasteiger partial charge >= 0.3 is 0 Å². The van der Waals surface area contributed by atoms with Gasteiger partial charge in [-0.25, -0.2) is 0 Å². The summed E-state index contributed by atoms with van der Waals surface area (Å²) >= 11 is 0. The monoisotopic (exact) mass is 610 g/mol. The molecule has 0 aliphatic heterocycles. The van der Waals surface area contributed by atoms with Crippen LogP contribution < -0.4 is 0 Å². The Labute approximate surface area is 277 Å². The molecule has 7 aromatic carbocycles. The van der Waals surface area contributed by atoms with Gasteiger partial charge in [0.1, 0.15) is 0 Å². The first-order valence-corrected chi connectivity index (χ1v) is 15.9. The van der Waals surface area contributed by atoms with Crippen molar-refractivity contribution in [3.63, 3.8) is 0 Å². The van der Waals surface area contributed by atoms with E-state index in [0.29, 0.717) is 11.1 Å². The number of hydrogen-bond donors (Lipinski definition) is 0. The van der Waals surface area contributed by atoms with Crippen molar-refractivity contribution in [1.29, 1.82) is 10.5 Å². The summed E-state index contributed by atoms with van der Waals surface area (Å²) in [6.45, 7) is 0. The number of nitrogens with zero attached hydrogens (tertiary/aromatic N) is 4. The molecule has 4 heteroatoms. The highest BCUT2D eigenvalue weighted by atomic mass is 15.0. The summed E-state index contributed by atoms with van der Waals surface area (Å²) in [6, 6.07) is 58.9. The Balaban J connectivity index is 1.30. The topological polar surface area (TPSA) is 57.4 Å². The van der Waals surface area contributed by atoms with Gasteiger partial charge in [-0.05, 0) is 71.3 Å². The number of benzene rings is 7. The summed E-state index contributed by atoms with van der Waals surface area (Å²) in [5, 5.41) is 24.7. The molecule has 0 radical (unpaired) electrons. The standard InChI is InChI=1S/C44H26N4/c45-27-29-21-22-39-38-16-6-10-20-43(38)48(44(39)25-29)42-19-9-3-13-35(42)34-12-2-1-11-33(34)31-23-30(28-46)24-32(26-31)47-40-17-7-4-14-36(40)37-15-5-8-18-41(37)47/h1-26H. The minimum atomic E-state index is 0.596. The van der Waals surface area contributed by atoms with Crippen molar-refractivity contribution >= 4 is 43.6 Å². The fraction of sp³-hybridized carbons (Fsp3) is 0. The largest absolute Gasteiger partial charge is 0.309 e. The Morgan fingerprint density at radius 3 is 1.54 bits per heavy atom. The second kappa shape index (κ2) is 10.9. The molecule has 0 amide bonds. The number of para-hydroxylation sites is 4. The maximum atomic E-state index is 10.3. The van der Waals surface area contributed by atoms with Crippen molar-refractivity contribution in [2.75, 3.05) is 0 Å². The lowest BCUT2D eigenvalue weighted by molar-refractivity contribution is 1.18. The molecule has 0 fully saturated rings. The highest BCUT2D eigenvalue weighted by molar-refractivity contribution is 6.11. The Morgan fingerprint density at radius 1 is 0.375 bits per heavy atom. The first-order chi connectivity index (χ1) is 23.7. The zero-order valence-electron chi connectivity index (χ0n) is 25.8. The number of rotatable bonds is 4. The second-order valence-corrected chi connectivity index (χ2v) is 12.0. The van der Waals surface area contributed by atoms with E-state index in [4.69, 9.17) is 0 Å². The maximum Gasteiger partial charge on any atom is 0.0992 e. The molecule has 0 aliphatic rings. The minimum Gasteiger partial charge on any atom is -0.309 e. The highest BCUT2D eigenvalue weighted by Crippen LogP contribution is 2.41. The van der Waals surface area contributed by atoms with Crippen LogP contribution in [0.4, 0.5) is 0 Å². The average molecular weight is 611 g/mol. The predicted octanol–water partition coefficient (Wildman–Crippen LogP) is 11.0. The van der Waals surface area contributed by atoms with E-state index >= 15 is 0 Å². The van der Waals surface area contributed by atoms with Crippen LogP contribution in [0.1, 0.15) is 11.1 Å². The van der Waals surface area contributed by atoms with Crippen LogP contribution >= 0.6 is 0 Å². The number of aromatic nitrogens is 2. The van der Waals surface area contributed by atoms with Gasteiger partial charge in [0.15, 0.2) is 0 Å². The third-order valence-electron chi connectivity index (χ3n) is 9.36. The molecule has 0 saturated heterocycles. The van der Waals surface area contributed by atoms with Crippen LogP contribution in [0.25, 0.3) is 77.2 Å². The van der Waals surface area contributed by atoms with Crippen molar-refractivity contribution in [3.05, 3.63) is 169 Å². The van der Waals surface area contributed by atoms with E-state index in [9.17, 15) is 10.5 Å². The van der Waals surface area contributed by atoms with Gasteiger partial charge in [-0.1, -0.05) is 103 Å². The Morgan fingerprint density at radius 2 is 0.896 bits per heavy atom. The quantitative estimate of drug-likeness (QED) is 0.199. The van der Waals surface area contributed by atoms with Crippen LogP contribution in [-0.4, -0.2) is 9.13 Å². The summed E-state index contributed by atoms with van der Waals surface area (Å²) < 4.78 is 4.53. The molecular formula is C44H26N4. The molecule has 0 atom stereocenters. The van der Waals surface area contributed by atoms with E-state index in [1.807, 2.05) is 30.3 Å². The molecule has 0 aliphatic carbocycles. The third kappa shape index (κ3) is 4.14. The number of fused-ring (bicyclic) bond motifs is 6. The van der Waals surface area contributed by atoms with Crippen molar-refractivity contribution in [2.24, 2.45) is 0 Å². The van der Waals surface area contributed by atoms with Crippen LogP contribution in [0.3, 0.4) is 0 Å². The number of nitriles is 2. The van der Waals surface area contributed by atoms with E-state index in [0.717, 1.165) is 66.5 Å². The van der Waals surface area contributed by atoms with Crippen LogP contribution in [0, 0.1) is 22.7 Å². The van der Waals surface area contributed by atoms with Gasteiger partial charge in [0.05, 0.1) is 51.0 Å². The molecule has 48 heavy (non-hydrogen) atoms. The average Bonchev–Trinajstić information content (AvgIpc) is 3.67. The van der Waals surface area contributed by atoms with Gasteiger partial charge in [0.2, 0.25) is 0 Å². The molecule has 0 saturated carbocycles. The molecule has 2 heterocycles. The summed E-state index contributed by atoms with van der Waals surface area (Å²) in [5.74, 6) is 0. The molecule has 222 valence electrons. The third-order valence-corrected chi connectivity index (χ3v) is 9.36. The normalized spacial score (nSPS) is 11.3. The van der Waals surface area contributed by atoms with E-state index in [1.54, 1.807) is 0 Å². The van der Waals surface area contributed by atoms with Gasteiger partial charge in [0.25, 0.3) is 0 Å². The van der Waals surface area contributed by atoms with Gasteiger partial charge in [-0.15, -0.1) is 0 Å². The van der Waals surface area contributed by atoms with Crippen molar-refractivity contribution in [3.8, 4) is 45.8 Å². The van der Waals surface area contributed by atoms with Crippen LogP contribution in [-0.2, 0) is 0 Å². The second-order valence-electron chi connectivity index (χ2n) is 12.0. The molecule has 0 bridgehead atoms. The van der Waals surface area contributed by atoms with E-state index in [1.165, 1.54) is 10.8 Å². The summed E-state index contributed by atoms with van der Waals surface area (Å²) in [6.07, 6.45) is 0. The fourth-order valence-corrected chi connectivity index (χ4v) is 7.33. The molecule has 2 aromatic heterocycles. The Kier molecular flexibility index (Phi) is 6.22. The zero-order valence-corrected chi connectivity index (χ0v) is 25.8. The van der Waals surface area contributed by atoms with Crippen molar-refractivity contribution in [2.45, 2.75) is 0 Å². The maximum absolute atomic E-state index is 10.3. The molecule has 4 nitrogen and oxygen atoms in total. The van der Waals surface area contributed by atoms with Gasteiger partial charge in [0, 0.05) is 32.8 Å². The lowest BCUT2D eigenvalue weighted by Gasteiger charge is -2.18. The summed E-state index contributed by atoms with van der Waals surface area (Å²) in [5.41, 5.74) is 11.5. The van der Waals surface area contributed by atoms with Crippen molar-refractivity contribution < 1.29 is 0 Å². The number of hydrogen-bond acceptors (Lipinski definition) is 2. The fourth-order valence-electron chi connectivity index (χ4n) is 7.33. The van der Waals surface area contributed by atoms with Crippen LogP contribution in [0.2, 0.25) is 0 Å². The lowest BCUT2D eigenvalue weighted by atomic mass is 9.92. The smallest absolute Gasteiger partial charge is 0.0992 e. The van der Waals surface area contributed by atoms with Crippen molar-refractivity contribution in [1.82, 2.24) is 9.13 Å². The minimum absolute atomic E-state index is 0.596. The molecule has 9 rings (SSSR count). The molecule has 0 unspecified atom stereocenters. The summed E-state index contributed by atoms with van der Waals surface area (Å²) in [7, 11) is 0. The SMILES string of the molecule is N#Cc1cc(-c2ccccc2-c2ccccc2-n2c3ccccc3c3ccc(C#N)cc32)cc(-n2c3ccccc3c3ccccc32)c1. The van der Waals surface area contributed by atoms with E-state index < -0.39 is 0 Å². The Hall–Kier alpha value is -6.88. The van der Waals surface area contributed by atoms with E-state index in [2.05, 4.69) is 149 Å². The van der Waals surface area contributed by atoms with E-state index in [-0.39, 0.29) is 0 Å². The highest BCUT2D eigenvalue weighted by Gasteiger charge is 2.19. The van der Waals surface area contributed by atoms with Gasteiger partial charge < -0.3 is 9.13 Å². The van der Waals surface area contributed by atoms with Crippen LogP contribution in [0.5, 0.6) is 0 Å². The zero-order chi connectivity index (χ0) is 32.2. The lowest BCUT2D eigenvalue weighted by Crippen LogP contribution is -1.99. The summed E-state index contributed by atoms with van der Waals surface area (Å²) in [4.78, 5) is 0. The predicted molar refractivity (Wildman–Crippen MR) is 195 cm³/mol.